The number of thioether (sulfide) groups is 1. The quantitative estimate of drug-likeness (QED) is 0.756. The van der Waals surface area contributed by atoms with E-state index in [0.717, 1.165) is 11.8 Å². The van der Waals surface area contributed by atoms with Crippen LogP contribution in [0, 0.1) is 0 Å². The fourth-order valence-electron chi connectivity index (χ4n) is 1.09. The summed E-state index contributed by atoms with van der Waals surface area (Å²) in [6, 6.07) is 3.38. The lowest BCUT2D eigenvalue weighted by atomic mass is 10.2. The Labute approximate surface area is 98.0 Å². The van der Waals surface area contributed by atoms with Crippen molar-refractivity contribution in [2.45, 2.75) is 16.7 Å². The molecule has 1 unspecified atom stereocenters. The van der Waals surface area contributed by atoms with Gasteiger partial charge in [0.1, 0.15) is 4.75 Å². The first-order valence-corrected chi connectivity index (χ1v) is 5.42. The second kappa shape index (κ2) is 5.18. The Morgan fingerprint density at radius 1 is 1.69 bits per heavy atom. The van der Waals surface area contributed by atoms with E-state index in [4.69, 9.17) is 15.6 Å². The molecule has 1 rings (SSSR count). The molecule has 1 aromatic heterocycles. The second-order valence-corrected chi connectivity index (χ2v) is 5.02. The number of hydrogen-bond donors (Lipinski definition) is 2. The highest BCUT2D eigenvalue weighted by molar-refractivity contribution is 8.01. The number of anilines is 1. The van der Waals surface area contributed by atoms with Crippen molar-refractivity contribution in [3.8, 4) is 0 Å². The lowest BCUT2D eigenvalue weighted by Gasteiger charge is -2.22. The van der Waals surface area contributed by atoms with E-state index in [2.05, 4.69) is 4.98 Å². The standard InChI is InChI=1S/C10H14N2O3S/c1-10(6-15-2,9(13)14)16-8-4-3-7(11)5-12-8/h3-5H,6,11H2,1-2H3,(H,13,14). The van der Waals surface area contributed by atoms with Gasteiger partial charge in [0.15, 0.2) is 0 Å². The largest absolute Gasteiger partial charge is 0.480 e. The van der Waals surface area contributed by atoms with Gasteiger partial charge in [-0.05, 0) is 19.1 Å². The summed E-state index contributed by atoms with van der Waals surface area (Å²) in [6.45, 7) is 1.71. The molecule has 0 amide bonds. The first-order valence-electron chi connectivity index (χ1n) is 4.61. The summed E-state index contributed by atoms with van der Waals surface area (Å²) in [5, 5.41) is 9.73. The van der Waals surface area contributed by atoms with Crippen LogP contribution in [0.25, 0.3) is 0 Å². The molecule has 1 atom stereocenters. The second-order valence-electron chi connectivity index (χ2n) is 3.50. The molecule has 0 aliphatic rings. The number of carbonyl (C=O) groups is 1. The van der Waals surface area contributed by atoms with Gasteiger partial charge in [-0.15, -0.1) is 0 Å². The lowest BCUT2D eigenvalue weighted by Crippen LogP contribution is -2.36. The zero-order valence-electron chi connectivity index (χ0n) is 9.14. The van der Waals surface area contributed by atoms with Crippen molar-refractivity contribution >= 4 is 23.4 Å². The lowest BCUT2D eigenvalue weighted by molar-refractivity contribution is -0.140. The highest BCUT2D eigenvalue weighted by Crippen LogP contribution is 2.32. The van der Waals surface area contributed by atoms with Gasteiger partial charge in [0, 0.05) is 7.11 Å². The van der Waals surface area contributed by atoms with Crippen molar-refractivity contribution in [2.24, 2.45) is 0 Å². The van der Waals surface area contributed by atoms with Gasteiger partial charge in [0.25, 0.3) is 0 Å². The number of nitrogens with zero attached hydrogens (tertiary/aromatic N) is 1. The van der Waals surface area contributed by atoms with Crippen LogP contribution in [0.1, 0.15) is 6.92 Å². The predicted molar refractivity (Wildman–Crippen MR) is 62.4 cm³/mol. The van der Waals surface area contributed by atoms with Crippen molar-refractivity contribution < 1.29 is 14.6 Å². The van der Waals surface area contributed by atoms with Gasteiger partial charge < -0.3 is 15.6 Å². The van der Waals surface area contributed by atoms with Gasteiger partial charge in [0.05, 0.1) is 23.5 Å². The number of pyridine rings is 1. The molecule has 6 heteroatoms. The molecule has 16 heavy (non-hydrogen) atoms. The van der Waals surface area contributed by atoms with Gasteiger partial charge >= 0.3 is 5.97 Å². The fraction of sp³-hybridized carbons (Fsp3) is 0.400. The summed E-state index contributed by atoms with van der Waals surface area (Å²) in [7, 11) is 1.47. The van der Waals surface area contributed by atoms with Crippen molar-refractivity contribution in [1.29, 1.82) is 0 Å². The topological polar surface area (TPSA) is 85.4 Å². The van der Waals surface area contributed by atoms with Crippen LogP contribution in [0.5, 0.6) is 0 Å². The van der Waals surface area contributed by atoms with E-state index in [1.165, 1.54) is 13.3 Å². The van der Waals surface area contributed by atoms with Crippen LogP contribution < -0.4 is 5.73 Å². The van der Waals surface area contributed by atoms with Crippen LogP contribution in [0.4, 0.5) is 5.69 Å². The molecular weight excluding hydrogens is 228 g/mol. The number of aromatic nitrogens is 1. The third-order valence-electron chi connectivity index (χ3n) is 1.96. The average Bonchev–Trinajstić information content (AvgIpc) is 2.22. The summed E-state index contributed by atoms with van der Waals surface area (Å²) >= 11 is 1.14. The maximum atomic E-state index is 11.1. The summed E-state index contributed by atoms with van der Waals surface area (Å²) in [4.78, 5) is 15.2. The van der Waals surface area contributed by atoms with Crippen molar-refractivity contribution in [1.82, 2.24) is 4.98 Å². The van der Waals surface area contributed by atoms with Crippen LogP contribution in [-0.2, 0) is 9.53 Å². The van der Waals surface area contributed by atoms with E-state index in [-0.39, 0.29) is 6.61 Å². The first kappa shape index (κ1) is 12.8. The van der Waals surface area contributed by atoms with Gasteiger partial charge in [-0.25, -0.2) is 4.98 Å². The maximum absolute atomic E-state index is 11.1. The fourth-order valence-corrected chi connectivity index (χ4v) is 2.06. The molecule has 3 N–H and O–H groups in total. The number of hydrogen-bond acceptors (Lipinski definition) is 5. The molecule has 1 aromatic rings. The molecule has 0 radical (unpaired) electrons. The normalized spacial score (nSPS) is 14.4. The maximum Gasteiger partial charge on any atom is 0.322 e. The minimum absolute atomic E-state index is 0.110. The van der Waals surface area contributed by atoms with E-state index in [1.807, 2.05) is 0 Å². The number of carboxylic acids is 1. The number of nitrogens with two attached hydrogens (primary N) is 1. The highest BCUT2D eigenvalue weighted by atomic mass is 32.2. The Bertz CT molecular complexity index is 369. The molecule has 5 nitrogen and oxygen atoms in total. The Kier molecular flexibility index (Phi) is 4.14. The van der Waals surface area contributed by atoms with Crippen LogP contribution in [0.2, 0.25) is 0 Å². The molecule has 0 saturated heterocycles. The number of ether oxygens (including phenoxy) is 1. The zero-order chi connectivity index (χ0) is 12.2. The molecule has 0 aromatic carbocycles. The number of nitrogen functional groups attached to an aromatic ring is 1. The highest BCUT2D eigenvalue weighted by Gasteiger charge is 2.35. The molecule has 1 heterocycles. The number of aliphatic carboxylic acids is 1. The molecule has 0 aliphatic carbocycles. The molecule has 0 spiro atoms. The van der Waals surface area contributed by atoms with E-state index in [1.54, 1.807) is 19.1 Å². The van der Waals surface area contributed by atoms with Gasteiger partial charge in [0.2, 0.25) is 0 Å². The van der Waals surface area contributed by atoms with E-state index < -0.39 is 10.7 Å². The minimum atomic E-state index is -1.04. The third-order valence-corrected chi connectivity index (χ3v) is 3.15. The molecular formula is C10H14N2O3S. The Morgan fingerprint density at radius 2 is 2.38 bits per heavy atom. The summed E-state index contributed by atoms with van der Waals surface area (Å²) < 4.78 is 3.87. The smallest absolute Gasteiger partial charge is 0.322 e. The van der Waals surface area contributed by atoms with Crippen molar-refractivity contribution in [3.63, 3.8) is 0 Å². The molecule has 0 aliphatic heterocycles. The van der Waals surface area contributed by atoms with Crippen molar-refractivity contribution in [3.05, 3.63) is 18.3 Å². The molecule has 0 bridgehead atoms. The Balaban J connectivity index is 2.83. The molecule has 0 fully saturated rings. The molecule has 88 valence electrons. The third kappa shape index (κ3) is 3.11. The number of methoxy groups -OCH3 is 1. The Hall–Kier alpha value is -1.27. The van der Waals surface area contributed by atoms with Crippen LogP contribution in [0.15, 0.2) is 23.4 Å². The monoisotopic (exact) mass is 242 g/mol. The minimum Gasteiger partial charge on any atom is -0.480 e. The number of carboxylic acid groups (broad SMARTS) is 1. The summed E-state index contributed by atoms with van der Waals surface area (Å²) in [6.07, 6.45) is 1.50. The van der Waals surface area contributed by atoms with Crippen molar-refractivity contribution in [2.75, 3.05) is 19.5 Å². The first-order chi connectivity index (χ1) is 7.48. The molecule has 0 saturated carbocycles. The number of rotatable bonds is 5. The van der Waals surface area contributed by atoms with E-state index >= 15 is 0 Å². The SMILES string of the molecule is COCC(C)(Sc1ccc(N)cn1)C(=O)O. The predicted octanol–water partition coefficient (Wildman–Crippen LogP) is 1.25. The Morgan fingerprint density at radius 3 is 2.81 bits per heavy atom. The van der Waals surface area contributed by atoms with Crippen LogP contribution >= 0.6 is 11.8 Å². The van der Waals surface area contributed by atoms with E-state index in [9.17, 15) is 4.79 Å². The zero-order valence-corrected chi connectivity index (χ0v) is 9.95. The van der Waals surface area contributed by atoms with E-state index in [0.29, 0.717) is 10.7 Å². The van der Waals surface area contributed by atoms with Gasteiger partial charge in [-0.3, -0.25) is 4.79 Å². The average molecular weight is 242 g/mol. The van der Waals surface area contributed by atoms with Crippen LogP contribution in [0.3, 0.4) is 0 Å². The summed E-state index contributed by atoms with van der Waals surface area (Å²) in [5.41, 5.74) is 6.05. The van der Waals surface area contributed by atoms with Gasteiger partial charge in [-0.1, -0.05) is 11.8 Å². The summed E-state index contributed by atoms with van der Waals surface area (Å²) in [5.74, 6) is -0.932. The van der Waals surface area contributed by atoms with Gasteiger partial charge in [-0.2, -0.15) is 0 Å². The van der Waals surface area contributed by atoms with Crippen LogP contribution in [-0.4, -0.2) is 34.5 Å².